The number of rotatable bonds is 3. The van der Waals surface area contributed by atoms with Crippen molar-refractivity contribution in [2.45, 2.75) is 31.4 Å². The van der Waals surface area contributed by atoms with Gasteiger partial charge in [-0.15, -0.1) is 0 Å². The quantitative estimate of drug-likeness (QED) is 0.824. The summed E-state index contributed by atoms with van der Waals surface area (Å²) in [7, 11) is 1.66. The van der Waals surface area contributed by atoms with E-state index in [4.69, 9.17) is 15.2 Å². The van der Waals surface area contributed by atoms with Gasteiger partial charge in [0.2, 0.25) is 0 Å². The molecule has 1 fully saturated rings. The molecule has 1 aromatic carbocycles. The molecule has 0 aromatic heterocycles. The Labute approximate surface area is 90.2 Å². The van der Waals surface area contributed by atoms with E-state index in [0.29, 0.717) is 0 Å². The summed E-state index contributed by atoms with van der Waals surface area (Å²) in [6.07, 6.45) is 3.48. The topological polar surface area (TPSA) is 44.5 Å². The lowest BCUT2D eigenvalue weighted by Gasteiger charge is -2.17. The molecule has 3 nitrogen and oxygen atoms in total. The van der Waals surface area contributed by atoms with Crippen LogP contribution in [0.4, 0.5) is 0 Å². The van der Waals surface area contributed by atoms with Gasteiger partial charge >= 0.3 is 0 Å². The van der Waals surface area contributed by atoms with Crippen molar-refractivity contribution in [1.82, 2.24) is 0 Å². The van der Waals surface area contributed by atoms with Crippen molar-refractivity contribution in [2.24, 2.45) is 5.73 Å². The van der Waals surface area contributed by atoms with E-state index in [9.17, 15) is 0 Å². The zero-order chi connectivity index (χ0) is 10.7. The van der Waals surface area contributed by atoms with E-state index in [1.807, 2.05) is 24.3 Å². The standard InChI is InChI=1S/C12H17NO2/c1-14-9-5-7-10(8-6-9)15-12-4-2-3-11(12)13/h5-8,11-12H,2-4,13H2,1H3. The Morgan fingerprint density at radius 1 is 1.13 bits per heavy atom. The summed E-state index contributed by atoms with van der Waals surface area (Å²) >= 11 is 0. The fourth-order valence-corrected chi connectivity index (χ4v) is 1.93. The minimum absolute atomic E-state index is 0.179. The van der Waals surface area contributed by atoms with Crippen LogP contribution in [0.2, 0.25) is 0 Å². The van der Waals surface area contributed by atoms with Gasteiger partial charge in [-0.1, -0.05) is 0 Å². The van der Waals surface area contributed by atoms with Crippen molar-refractivity contribution in [1.29, 1.82) is 0 Å². The van der Waals surface area contributed by atoms with Crippen LogP contribution in [-0.4, -0.2) is 19.3 Å². The number of ether oxygens (including phenoxy) is 2. The first-order chi connectivity index (χ1) is 7.29. The maximum atomic E-state index is 5.93. The molecule has 0 spiro atoms. The van der Waals surface area contributed by atoms with E-state index in [2.05, 4.69) is 0 Å². The van der Waals surface area contributed by atoms with Gasteiger partial charge in [-0.05, 0) is 43.5 Å². The van der Waals surface area contributed by atoms with Crippen LogP contribution < -0.4 is 15.2 Å². The molecule has 82 valence electrons. The maximum absolute atomic E-state index is 5.93. The zero-order valence-corrected chi connectivity index (χ0v) is 8.98. The van der Waals surface area contributed by atoms with E-state index in [1.54, 1.807) is 7.11 Å². The summed E-state index contributed by atoms with van der Waals surface area (Å²) < 4.78 is 10.9. The van der Waals surface area contributed by atoms with Crippen molar-refractivity contribution in [3.05, 3.63) is 24.3 Å². The van der Waals surface area contributed by atoms with Crippen LogP contribution in [-0.2, 0) is 0 Å². The van der Waals surface area contributed by atoms with E-state index in [1.165, 1.54) is 6.42 Å². The largest absolute Gasteiger partial charge is 0.497 e. The van der Waals surface area contributed by atoms with Crippen molar-refractivity contribution >= 4 is 0 Å². The lowest BCUT2D eigenvalue weighted by atomic mass is 10.2. The Balaban J connectivity index is 1.98. The van der Waals surface area contributed by atoms with Crippen LogP contribution in [0.5, 0.6) is 11.5 Å². The molecule has 1 saturated carbocycles. The van der Waals surface area contributed by atoms with E-state index in [0.717, 1.165) is 24.3 Å². The number of nitrogens with two attached hydrogens (primary N) is 1. The third-order valence-corrected chi connectivity index (χ3v) is 2.85. The molecule has 2 rings (SSSR count). The van der Waals surface area contributed by atoms with Gasteiger partial charge in [-0.25, -0.2) is 0 Å². The molecule has 0 amide bonds. The smallest absolute Gasteiger partial charge is 0.120 e. The number of hydrogen-bond acceptors (Lipinski definition) is 3. The molecule has 0 saturated heterocycles. The Kier molecular flexibility index (Phi) is 3.11. The number of methoxy groups -OCH3 is 1. The summed E-state index contributed by atoms with van der Waals surface area (Å²) in [5.41, 5.74) is 5.93. The van der Waals surface area contributed by atoms with Gasteiger partial charge < -0.3 is 15.2 Å². The molecule has 1 aliphatic carbocycles. The van der Waals surface area contributed by atoms with Crippen LogP contribution in [0.3, 0.4) is 0 Å². The molecule has 2 unspecified atom stereocenters. The first-order valence-corrected chi connectivity index (χ1v) is 5.36. The first kappa shape index (κ1) is 10.3. The highest BCUT2D eigenvalue weighted by Gasteiger charge is 2.25. The van der Waals surface area contributed by atoms with E-state index >= 15 is 0 Å². The minimum Gasteiger partial charge on any atom is -0.497 e. The number of benzene rings is 1. The molecule has 3 heteroatoms. The second kappa shape index (κ2) is 4.53. The Bertz CT molecular complexity index is 310. The fourth-order valence-electron chi connectivity index (χ4n) is 1.93. The third kappa shape index (κ3) is 2.42. The fraction of sp³-hybridized carbons (Fsp3) is 0.500. The van der Waals surface area contributed by atoms with Crippen molar-refractivity contribution < 1.29 is 9.47 Å². The monoisotopic (exact) mass is 207 g/mol. The summed E-state index contributed by atoms with van der Waals surface area (Å²) in [5.74, 6) is 1.72. The summed E-state index contributed by atoms with van der Waals surface area (Å²) in [6.45, 7) is 0. The second-order valence-corrected chi connectivity index (χ2v) is 3.93. The van der Waals surface area contributed by atoms with Crippen LogP contribution in [0, 0.1) is 0 Å². The molecule has 0 radical (unpaired) electrons. The average molecular weight is 207 g/mol. The molecule has 2 atom stereocenters. The Morgan fingerprint density at radius 3 is 2.33 bits per heavy atom. The molecular formula is C12H17NO2. The summed E-state index contributed by atoms with van der Waals surface area (Å²) in [4.78, 5) is 0. The van der Waals surface area contributed by atoms with Gasteiger partial charge in [0.1, 0.15) is 17.6 Å². The Morgan fingerprint density at radius 2 is 1.80 bits per heavy atom. The van der Waals surface area contributed by atoms with Gasteiger partial charge in [-0.3, -0.25) is 0 Å². The SMILES string of the molecule is COc1ccc(OC2CCCC2N)cc1. The van der Waals surface area contributed by atoms with Crippen molar-refractivity contribution in [2.75, 3.05) is 7.11 Å². The molecule has 1 aromatic rings. The third-order valence-electron chi connectivity index (χ3n) is 2.85. The molecule has 15 heavy (non-hydrogen) atoms. The van der Waals surface area contributed by atoms with Crippen LogP contribution in [0.25, 0.3) is 0 Å². The molecule has 0 bridgehead atoms. The lowest BCUT2D eigenvalue weighted by molar-refractivity contribution is 0.191. The molecule has 0 aliphatic heterocycles. The van der Waals surface area contributed by atoms with Gasteiger partial charge in [0.15, 0.2) is 0 Å². The van der Waals surface area contributed by atoms with Crippen molar-refractivity contribution in [3.63, 3.8) is 0 Å². The molecule has 2 N–H and O–H groups in total. The van der Waals surface area contributed by atoms with Gasteiger partial charge in [0.25, 0.3) is 0 Å². The molecule has 1 aliphatic rings. The highest BCUT2D eigenvalue weighted by molar-refractivity contribution is 5.31. The normalized spacial score (nSPS) is 25.2. The average Bonchev–Trinajstić information content (AvgIpc) is 2.66. The van der Waals surface area contributed by atoms with Crippen LogP contribution >= 0.6 is 0 Å². The highest BCUT2D eigenvalue weighted by Crippen LogP contribution is 2.24. The van der Waals surface area contributed by atoms with Gasteiger partial charge in [0, 0.05) is 6.04 Å². The predicted octanol–water partition coefficient (Wildman–Crippen LogP) is 1.95. The summed E-state index contributed by atoms with van der Waals surface area (Å²) in [6, 6.07) is 7.83. The van der Waals surface area contributed by atoms with Crippen LogP contribution in [0.1, 0.15) is 19.3 Å². The molecule has 0 heterocycles. The Hall–Kier alpha value is -1.22. The van der Waals surface area contributed by atoms with Gasteiger partial charge in [0.05, 0.1) is 7.11 Å². The van der Waals surface area contributed by atoms with Gasteiger partial charge in [-0.2, -0.15) is 0 Å². The van der Waals surface area contributed by atoms with E-state index in [-0.39, 0.29) is 12.1 Å². The number of hydrogen-bond donors (Lipinski definition) is 1. The minimum atomic E-state index is 0.179. The molecular weight excluding hydrogens is 190 g/mol. The highest BCUT2D eigenvalue weighted by atomic mass is 16.5. The van der Waals surface area contributed by atoms with Crippen LogP contribution in [0.15, 0.2) is 24.3 Å². The van der Waals surface area contributed by atoms with Crippen molar-refractivity contribution in [3.8, 4) is 11.5 Å². The predicted molar refractivity (Wildman–Crippen MR) is 59.2 cm³/mol. The lowest BCUT2D eigenvalue weighted by Crippen LogP contribution is -2.33. The van der Waals surface area contributed by atoms with E-state index < -0.39 is 0 Å². The maximum Gasteiger partial charge on any atom is 0.120 e. The summed E-state index contributed by atoms with van der Waals surface area (Å²) in [5, 5.41) is 0. The first-order valence-electron chi connectivity index (χ1n) is 5.36. The second-order valence-electron chi connectivity index (χ2n) is 3.93. The zero-order valence-electron chi connectivity index (χ0n) is 8.98.